The monoisotopic (exact) mass is 492 g/mol. The summed E-state index contributed by atoms with van der Waals surface area (Å²) in [5.74, 6) is 2.89. The minimum atomic E-state index is -0.333. The Morgan fingerprint density at radius 1 is 0.722 bits per heavy atom. The Bertz CT molecular complexity index is 856. The van der Waals surface area contributed by atoms with Gasteiger partial charge in [-0.05, 0) is 79.5 Å². The maximum absolute atomic E-state index is 12.5. The van der Waals surface area contributed by atoms with Crippen LogP contribution in [-0.2, 0) is 6.42 Å². The van der Waals surface area contributed by atoms with Crippen LogP contribution in [0, 0.1) is 11.8 Å². The van der Waals surface area contributed by atoms with Crippen LogP contribution in [0.5, 0.6) is 11.5 Å². The highest BCUT2D eigenvalue weighted by Gasteiger charge is 2.24. The molecule has 3 heteroatoms. The predicted octanol–water partition coefficient (Wildman–Crippen LogP) is 9.57. The molecule has 2 aromatic carbocycles. The number of carbonyl (C=O) groups excluding carboxylic acids is 1. The Labute approximate surface area is 220 Å². The number of hydrogen-bond acceptors (Lipinski definition) is 3. The molecule has 0 saturated heterocycles. The van der Waals surface area contributed by atoms with E-state index in [1.165, 1.54) is 89.0 Å². The van der Waals surface area contributed by atoms with Crippen LogP contribution in [0.1, 0.15) is 120 Å². The molecule has 198 valence electrons. The van der Waals surface area contributed by atoms with E-state index in [4.69, 9.17) is 9.47 Å². The van der Waals surface area contributed by atoms with Crippen molar-refractivity contribution >= 4 is 5.97 Å². The highest BCUT2D eigenvalue weighted by atomic mass is 16.5. The first-order valence-corrected chi connectivity index (χ1v) is 14.7. The first-order valence-electron chi connectivity index (χ1n) is 14.7. The number of ether oxygens (including phenoxy) is 2. The molecule has 0 heterocycles. The Hall–Kier alpha value is -2.29. The van der Waals surface area contributed by atoms with Gasteiger partial charge >= 0.3 is 5.97 Å². The molecule has 0 amide bonds. The van der Waals surface area contributed by atoms with Crippen LogP contribution in [0.15, 0.2) is 48.5 Å². The summed E-state index contributed by atoms with van der Waals surface area (Å²) >= 11 is 0. The van der Waals surface area contributed by atoms with Gasteiger partial charge in [0.2, 0.25) is 0 Å². The second-order valence-corrected chi connectivity index (χ2v) is 10.7. The topological polar surface area (TPSA) is 35.5 Å². The molecule has 2 unspecified atom stereocenters. The maximum Gasteiger partial charge on any atom is 0.343 e. The van der Waals surface area contributed by atoms with E-state index in [1.807, 2.05) is 36.4 Å². The van der Waals surface area contributed by atoms with Crippen molar-refractivity contribution in [1.82, 2.24) is 0 Å². The van der Waals surface area contributed by atoms with Gasteiger partial charge in [-0.25, -0.2) is 4.79 Å². The fraction of sp³-hybridized carbons (Fsp3) is 0.606. The van der Waals surface area contributed by atoms with E-state index in [1.54, 1.807) is 12.1 Å². The van der Waals surface area contributed by atoms with E-state index in [0.717, 1.165) is 37.0 Å². The van der Waals surface area contributed by atoms with Crippen molar-refractivity contribution in [3.63, 3.8) is 0 Å². The maximum atomic E-state index is 12.5. The Balaban J connectivity index is 1.36. The lowest BCUT2D eigenvalue weighted by atomic mass is 9.74. The van der Waals surface area contributed by atoms with Crippen LogP contribution in [0.2, 0.25) is 0 Å². The molecule has 0 aromatic heterocycles. The summed E-state index contributed by atoms with van der Waals surface area (Å²) in [6.07, 6.45) is 19.8. The van der Waals surface area contributed by atoms with Crippen molar-refractivity contribution in [3.8, 4) is 11.5 Å². The van der Waals surface area contributed by atoms with Gasteiger partial charge in [-0.15, -0.1) is 0 Å². The van der Waals surface area contributed by atoms with Gasteiger partial charge in [-0.2, -0.15) is 0 Å². The molecule has 36 heavy (non-hydrogen) atoms. The molecule has 0 N–H and O–H groups in total. The molecule has 3 rings (SSSR count). The number of esters is 1. The van der Waals surface area contributed by atoms with E-state index in [9.17, 15) is 4.79 Å². The van der Waals surface area contributed by atoms with Crippen molar-refractivity contribution in [2.75, 3.05) is 6.61 Å². The molecule has 1 aliphatic rings. The zero-order chi connectivity index (χ0) is 25.4. The van der Waals surface area contributed by atoms with Crippen LogP contribution in [0.3, 0.4) is 0 Å². The molecule has 1 saturated carbocycles. The van der Waals surface area contributed by atoms with E-state index in [2.05, 4.69) is 13.8 Å². The minimum Gasteiger partial charge on any atom is -0.494 e. The van der Waals surface area contributed by atoms with Crippen molar-refractivity contribution in [1.29, 1.82) is 0 Å². The molecule has 0 radical (unpaired) electrons. The van der Waals surface area contributed by atoms with Gasteiger partial charge in [-0.3, -0.25) is 0 Å². The lowest BCUT2D eigenvalue weighted by Gasteiger charge is -2.31. The van der Waals surface area contributed by atoms with Crippen LogP contribution in [-0.4, -0.2) is 12.6 Å². The molecule has 0 spiro atoms. The summed E-state index contributed by atoms with van der Waals surface area (Å²) in [7, 11) is 0. The Morgan fingerprint density at radius 2 is 1.33 bits per heavy atom. The largest absolute Gasteiger partial charge is 0.494 e. The third-order valence-electron chi connectivity index (χ3n) is 7.78. The second kappa shape index (κ2) is 16.5. The van der Waals surface area contributed by atoms with Gasteiger partial charge in [0.15, 0.2) is 0 Å². The second-order valence-electron chi connectivity index (χ2n) is 10.7. The lowest BCUT2D eigenvalue weighted by Crippen LogP contribution is -2.20. The summed E-state index contributed by atoms with van der Waals surface area (Å²) in [5, 5.41) is 0. The summed E-state index contributed by atoms with van der Waals surface area (Å²) in [4.78, 5) is 12.5. The molecule has 2 atom stereocenters. The molecule has 0 aliphatic heterocycles. The Kier molecular flexibility index (Phi) is 12.9. The van der Waals surface area contributed by atoms with Gasteiger partial charge in [-0.1, -0.05) is 96.6 Å². The first kappa shape index (κ1) is 28.3. The molecule has 3 nitrogen and oxygen atoms in total. The standard InChI is InChI=1S/C33H48O3/c1-3-5-7-8-9-14-28-15-10-11-16-29(28)17-12-26-35-31-24-20-30(21-25-31)33(34)36-32-22-18-27(19-23-32)13-6-4-2/h18-25,28-29H,3-17,26H2,1-2H3. The zero-order valence-corrected chi connectivity index (χ0v) is 22.8. The number of unbranched alkanes of at least 4 members (excludes halogenated alkanes) is 5. The average molecular weight is 493 g/mol. The van der Waals surface area contributed by atoms with Gasteiger partial charge in [0, 0.05) is 0 Å². The van der Waals surface area contributed by atoms with Crippen LogP contribution in [0.25, 0.3) is 0 Å². The molecule has 1 aliphatic carbocycles. The molecule has 2 aromatic rings. The molecular formula is C33H48O3. The highest BCUT2D eigenvalue weighted by molar-refractivity contribution is 5.91. The fourth-order valence-corrected chi connectivity index (χ4v) is 5.55. The lowest BCUT2D eigenvalue weighted by molar-refractivity contribution is 0.0734. The van der Waals surface area contributed by atoms with E-state index < -0.39 is 0 Å². The first-order chi connectivity index (χ1) is 17.7. The van der Waals surface area contributed by atoms with Crippen molar-refractivity contribution in [3.05, 3.63) is 59.7 Å². The average Bonchev–Trinajstić information content (AvgIpc) is 2.91. The van der Waals surface area contributed by atoms with E-state index >= 15 is 0 Å². The minimum absolute atomic E-state index is 0.333. The van der Waals surface area contributed by atoms with Gasteiger partial charge in [0.25, 0.3) is 0 Å². The SMILES string of the molecule is CCCCCCCC1CCCCC1CCCOc1ccc(C(=O)Oc2ccc(CCCC)cc2)cc1. The van der Waals surface area contributed by atoms with Crippen LogP contribution < -0.4 is 9.47 Å². The summed E-state index contributed by atoms with van der Waals surface area (Å²) < 4.78 is 11.5. The van der Waals surface area contributed by atoms with Crippen LogP contribution in [0.4, 0.5) is 0 Å². The van der Waals surface area contributed by atoms with Crippen LogP contribution >= 0.6 is 0 Å². The van der Waals surface area contributed by atoms with E-state index in [0.29, 0.717) is 11.3 Å². The predicted molar refractivity (Wildman–Crippen MR) is 150 cm³/mol. The third kappa shape index (κ3) is 9.99. The quantitative estimate of drug-likeness (QED) is 0.133. The van der Waals surface area contributed by atoms with Gasteiger partial charge < -0.3 is 9.47 Å². The summed E-state index contributed by atoms with van der Waals surface area (Å²) in [5.41, 5.74) is 1.82. The van der Waals surface area contributed by atoms with Crippen molar-refractivity contribution in [2.45, 2.75) is 110 Å². The smallest absolute Gasteiger partial charge is 0.343 e. The molecular weight excluding hydrogens is 444 g/mol. The summed E-state index contributed by atoms with van der Waals surface area (Å²) in [6.45, 7) is 5.22. The van der Waals surface area contributed by atoms with Crippen molar-refractivity contribution < 1.29 is 14.3 Å². The fourth-order valence-electron chi connectivity index (χ4n) is 5.55. The number of hydrogen-bond donors (Lipinski definition) is 0. The van der Waals surface area contributed by atoms with E-state index in [-0.39, 0.29) is 5.97 Å². The number of carbonyl (C=O) groups is 1. The summed E-state index contributed by atoms with van der Waals surface area (Å²) in [6, 6.07) is 15.2. The van der Waals surface area contributed by atoms with Crippen molar-refractivity contribution in [2.24, 2.45) is 11.8 Å². The third-order valence-corrected chi connectivity index (χ3v) is 7.78. The number of benzene rings is 2. The zero-order valence-electron chi connectivity index (χ0n) is 22.8. The number of rotatable bonds is 16. The molecule has 1 fully saturated rings. The van der Waals surface area contributed by atoms with Gasteiger partial charge in [0.1, 0.15) is 11.5 Å². The Morgan fingerprint density at radius 3 is 2.00 bits per heavy atom. The molecule has 0 bridgehead atoms. The normalized spacial score (nSPS) is 17.6. The number of aryl methyl sites for hydroxylation is 1. The van der Waals surface area contributed by atoms with Gasteiger partial charge in [0.05, 0.1) is 12.2 Å². The highest BCUT2D eigenvalue weighted by Crippen LogP contribution is 2.36.